The van der Waals surface area contributed by atoms with E-state index in [1.54, 1.807) is 0 Å². The van der Waals surface area contributed by atoms with Gasteiger partial charge in [-0.05, 0) is 0 Å². The summed E-state index contributed by atoms with van der Waals surface area (Å²) in [6, 6.07) is 0. The Hall–Kier alpha value is 1.25. The first-order chi connectivity index (χ1) is 0. The minimum atomic E-state index is 0. The van der Waals surface area contributed by atoms with Crippen LogP contribution in [-0.4, -0.2) is 28.5 Å². The third-order valence-electron chi connectivity index (χ3n) is 0. The van der Waals surface area contributed by atoms with E-state index in [1.165, 1.54) is 0 Å². The van der Waals surface area contributed by atoms with Crippen LogP contribution < -0.4 is 0 Å². The fraction of sp³-hybridized carbons (Fsp3) is 1.00. The van der Waals surface area contributed by atoms with Gasteiger partial charge in [-0.1, -0.05) is 7.43 Å². The monoisotopic (exact) mass is 113 g/mol. The van der Waals surface area contributed by atoms with E-state index in [1.807, 2.05) is 0 Å². The molecule has 0 aliphatic carbocycles. The minimum absolute atomic E-state index is 0. The molecule has 0 unspecified atom stereocenters. The van der Waals surface area contributed by atoms with Crippen molar-refractivity contribution in [3.8, 4) is 0 Å². The first-order valence-corrected chi connectivity index (χ1v) is 0. The molecule has 4 heavy (non-hydrogen) atoms. The van der Waals surface area contributed by atoms with Crippen molar-refractivity contribution in [2.75, 3.05) is 0 Å². The predicted molar refractivity (Wildman–Crippen MR) is 16.1 cm³/mol. The number of hydrogen-bond donors (Lipinski definition) is 0. The standard InChI is InChI=1S/CH4.Mg.Mn.H2O/h1H4;;;1H2. The van der Waals surface area contributed by atoms with Crippen molar-refractivity contribution in [2.24, 2.45) is 0 Å². The van der Waals surface area contributed by atoms with Crippen molar-refractivity contribution in [1.82, 2.24) is 0 Å². The Morgan fingerprint density at radius 2 is 1.00 bits per heavy atom. The fourth-order valence-electron chi connectivity index (χ4n) is 0. The van der Waals surface area contributed by atoms with Crippen molar-refractivity contribution in [2.45, 2.75) is 7.43 Å². The first kappa shape index (κ1) is 60.9. The molecule has 2 N–H and O–H groups in total. The van der Waals surface area contributed by atoms with E-state index in [0.717, 1.165) is 0 Å². The van der Waals surface area contributed by atoms with E-state index < -0.39 is 0 Å². The number of rotatable bonds is 0. The molecular weight excluding hydrogens is 107 g/mol. The van der Waals surface area contributed by atoms with Gasteiger partial charge in [0.25, 0.3) is 0 Å². The Morgan fingerprint density at radius 3 is 1.00 bits per heavy atom. The second-order valence-electron chi connectivity index (χ2n) is 0. The third kappa shape index (κ3) is 10.5. The SMILES string of the molecule is C.O.[Mg].[Mn]. The van der Waals surface area contributed by atoms with Crippen LogP contribution in [0.1, 0.15) is 7.43 Å². The van der Waals surface area contributed by atoms with Gasteiger partial charge < -0.3 is 5.48 Å². The van der Waals surface area contributed by atoms with Crippen LogP contribution in [0.2, 0.25) is 0 Å². The molecule has 0 saturated heterocycles. The summed E-state index contributed by atoms with van der Waals surface area (Å²) in [4.78, 5) is 0. The van der Waals surface area contributed by atoms with Crippen LogP contribution >= 0.6 is 0 Å². The average Bonchev–Trinajstić information content (AvgIpc) is 0. The second-order valence-corrected chi connectivity index (χ2v) is 0. The molecule has 0 spiro atoms. The molecule has 0 aliphatic rings. The van der Waals surface area contributed by atoms with Gasteiger partial charge in [0.1, 0.15) is 0 Å². The summed E-state index contributed by atoms with van der Waals surface area (Å²) in [7, 11) is 0. The summed E-state index contributed by atoms with van der Waals surface area (Å²) in [5.41, 5.74) is 0. The summed E-state index contributed by atoms with van der Waals surface area (Å²) in [5, 5.41) is 0. The summed E-state index contributed by atoms with van der Waals surface area (Å²) < 4.78 is 0. The van der Waals surface area contributed by atoms with Gasteiger partial charge in [-0.2, -0.15) is 0 Å². The molecule has 0 amide bonds. The average molecular weight is 113 g/mol. The number of hydrogen-bond acceptors (Lipinski definition) is 0. The van der Waals surface area contributed by atoms with Gasteiger partial charge in [-0.3, -0.25) is 0 Å². The maximum Gasteiger partial charge on any atom is 0 e. The van der Waals surface area contributed by atoms with Crippen LogP contribution in [0.5, 0.6) is 0 Å². The summed E-state index contributed by atoms with van der Waals surface area (Å²) in [6.07, 6.45) is 0. The molecule has 0 rings (SSSR count). The zero-order valence-corrected chi connectivity index (χ0v) is 4.18. The van der Waals surface area contributed by atoms with E-state index in [4.69, 9.17) is 0 Å². The Kier molecular flexibility index (Phi) is 439. The van der Waals surface area contributed by atoms with E-state index in [9.17, 15) is 0 Å². The molecule has 0 saturated carbocycles. The van der Waals surface area contributed by atoms with Crippen LogP contribution in [0.25, 0.3) is 0 Å². The molecule has 25 valence electrons. The predicted octanol–water partition coefficient (Wildman–Crippen LogP) is -0.572. The molecule has 0 fully saturated rings. The topological polar surface area (TPSA) is 31.5 Å². The molecule has 3 radical (unpaired) electrons. The zero-order valence-electron chi connectivity index (χ0n) is 1.59. The van der Waals surface area contributed by atoms with Gasteiger partial charge >= 0.3 is 0 Å². The van der Waals surface area contributed by atoms with E-state index in [-0.39, 0.29) is 53.0 Å². The molecule has 0 aromatic rings. The molecule has 0 aromatic carbocycles. The van der Waals surface area contributed by atoms with Crippen molar-refractivity contribution < 1.29 is 22.5 Å². The van der Waals surface area contributed by atoms with Crippen molar-refractivity contribution in [1.29, 1.82) is 0 Å². The molecule has 1 nitrogen and oxygen atoms in total. The van der Waals surface area contributed by atoms with Crippen molar-refractivity contribution in [3.63, 3.8) is 0 Å². The van der Waals surface area contributed by atoms with Crippen LogP contribution in [0.3, 0.4) is 0 Å². The molecule has 3 heteroatoms. The minimum Gasteiger partial charge on any atom is -0.412 e. The molecule has 0 aromatic heterocycles. The maximum atomic E-state index is 0. The molecular formula is CH6MgMnO. The Bertz CT molecular complexity index is 8.00. The van der Waals surface area contributed by atoms with E-state index in [0.29, 0.717) is 0 Å². The Balaban J connectivity index is 0. The molecule has 0 bridgehead atoms. The first-order valence-electron chi connectivity index (χ1n) is 0. The van der Waals surface area contributed by atoms with Crippen LogP contribution in [0.4, 0.5) is 0 Å². The summed E-state index contributed by atoms with van der Waals surface area (Å²) in [5.74, 6) is 0. The zero-order chi connectivity index (χ0) is 0. The van der Waals surface area contributed by atoms with Gasteiger partial charge in [0.05, 0.1) is 0 Å². The van der Waals surface area contributed by atoms with Gasteiger partial charge in [-0.25, -0.2) is 0 Å². The normalized spacial score (nSPS) is 0. The van der Waals surface area contributed by atoms with Crippen LogP contribution in [-0.2, 0) is 17.1 Å². The molecule has 0 heterocycles. The summed E-state index contributed by atoms with van der Waals surface area (Å²) >= 11 is 0. The summed E-state index contributed by atoms with van der Waals surface area (Å²) in [6.45, 7) is 0. The van der Waals surface area contributed by atoms with Gasteiger partial charge in [0, 0.05) is 40.1 Å². The van der Waals surface area contributed by atoms with E-state index in [2.05, 4.69) is 0 Å². The Labute approximate surface area is 53.1 Å². The van der Waals surface area contributed by atoms with Gasteiger partial charge in [0.2, 0.25) is 0 Å². The Morgan fingerprint density at radius 1 is 1.00 bits per heavy atom. The van der Waals surface area contributed by atoms with Crippen molar-refractivity contribution >= 4 is 23.1 Å². The van der Waals surface area contributed by atoms with Gasteiger partial charge in [0.15, 0.2) is 0 Å². The van der Waals surface area contributed by atoms with Gasteiger partial charge in [-0.15, -0.1) is 0 Å². The van der Waals surface area contributed by atoms with Crippen LogP contribution in [0, 0.1) is 0 Å². The van der Waals surface area contributed by atoms with E-state index >= 15 is 0 Å². The molecule has 0 atom stereocenters. The quantitative estimate of drug-likeness (QED) is 0.377. The third-order valence-corrected chi connectivity index (χ3v) is 0. The maximum absolute atomic E-state index is 0. The molecule has 0 aliphatic heterocycles. The van der Waals surface area contributed by atoms with Crippen molar-refractivity contribution in [3.05, 3.63) is 0 Å². The van der Waals surface area contributed by atoms with Crippen LogP contribution in [0.15, 0.2) is 0 Å². The fourth-order valence-corrected chi connectivity index (χ4v) is 0. The smallest absolute Gasteiger partial charge is 0 e. The second kappa shape index (κ2) is 28.8. The largest absolute Gasteiger partial charge is 0.412 e.